The molecule has 7 nitrogen and oxygen atoms in total. The number of aryl methyl sites for hydroxylation is 4. The first-order chi connectivity index (χ1) is 19.6. The molecule has 0 atom stereocenters. The highest BCUT2D eigenvalue weighted by Crippen LogP contribution is 2.42. The summed E-state index contributed by atoms with van der Waals surface area (Å²) in [4.78, 5) is 0. The molecule has 40 heavy (non-hydrogen) atoms. The minimum Gasteiger partial charge on any atom is -0.497 e. The molecule has 0 radical (unpaired) electrons. The fraction of sp³-hybridized carbons (Fsp3) is 0.273. The maximum Gasteiger partial charge on any atom is 0.231 e. The third-order valence-corrected chi connectivity index (χ3v) is 6.88. The molecule has 1 aliphatic heterocycles. The second kappa shape index (κ2) is 12.6. The van der Waals surface area contributed by atoms with E-state index in [4.69, 9.17) is 33.2 Å². The first-order valence-corrected chi connectivity index (χ1v) is 13.2. The van der Waals surface area contributed by atoms with Crippen molar-refractivity contribution in [3.05, 3.63) is 95.1 Å². The Morgan fingerprint density at radius 2 is 1.18 bits per heavy atom. The van der Waals surface area contributed by atoms with Crippen LogP contribution in [0, 0.1) is 0 Å². The normalized spacial score (nSPS) is 11.7. The zero-order chi connectivity index (χ0) is 27.9. The van der Waals surface area contributed by atoms with Crippen molar-refractivity contribution < 1.29 is 33.2 Å². The molecule has 0 saturated carbocycles. The average Bonchev–Trinajstić information content (AvgIpc) is 3.46. The predicted molar refractivity (Wildman–Crippen MR) is 153 cm³/mol. The summed E-state index contributed by atoms with van der Waals surface area (Å²) in [6, 6.07) is 24.1. The minimum absolute atomic E-state index is 0.266. The van der Waals surface area contributed by atoms with Crippen molar-refractivity contribution in [2.75, 3.05) is 35.2 Å². The molecule has 0 saturated heterocycles. The Labute approximate surface area is 235 Å². The van der Waals surface area contributed by atoms with Crippen molar-refractivity contribution in [3.63, 3.8) is 0 Å². The molecule has 0 aliphatic carbocycles. The Hall–Kier alpha value is -4.52. The van der Waals surface area contributed by atoms with Crippen molar-refractivity contribution in [2.24, 2.45) is 0 Å². The van der Waals surface area contributed by atoms with Gasteiger partial charge in [0.25, 0.3) is 0 Å². The van der Waals surface area contributed by atoms with Crippen molar-refractivity contribution >= 4 is 0 Å². The van der Waals surface area contributed by atoms with Crippen LogP contribution < -0.4 is 33.2 Å². The molecule has 4 aromatic rings. The number of methoxy groups -OCH3 is 4. The van der Waals surface area contributed by atoms with E-state index in [0.29, 0.717) is 23.0 Å². The van der Waals surface area contributed by atoms with E-state index < -0.39 is 0 Å². The lowest BCUT2D eigenvalue weighted by molar-refractivity contribution is 0.174. The van der Waals surface area contributed by atoms with E-state index in [1.165, 1.54) is 5.56 Å². The molecule has 0 unspecified atom stereocenters. The Morgan fingerprint density at radius 3 is 1.93 bits per heavy atom. The summed E-state index contributed by atoms with van der Waals surface area (Å²) in [5.41, 5.74) is 4.52. The molecule has 1 aliphatic rings. The van der Waals surface area contributed by atoms with Gasteiger partial charge in [0.15, 0.2) is 23.0 Å². The van der Waals surface area contributed by atoms with Crippen LogP contribution in [-0.2, 0) is 25.7 Å². The zero-order valence-electron chi connectivity index (χ0n) is 23.3. The van der Waals surface area contributed by atoms with Gasteiger partial charge in [-0.25, -0.2) is 0 Å². The monoisotopic (exact) mass is 542 g/mol. The number of hydrogen-bond donors (Lipinski definition) is 0. The van der Waals surface area contributed by atoms with Gasteiger partial charge in [-0.2, -0.15) is 0 Å². The Balaban J connectivity index is 1.36. The van der Waals surface area contributed by atoms with Crippen molar-refractivity contribution in [3.8, 4) is 46.0 Å². The Bertz CT molecular complexity index is 1460. The molecular formula is C33H34O7. The van der Waals surface area contributed by atoms with Gasteiger partial charge in [-0.1, -0.05) is 18.2 Å². The zero-order valence-corrected chi connectivity index (χ0v) is 23.3. The van der Waals surface area contributed by atoms with Crippen molar-refractivity contribution in [1.82, 2.24) is 0 Å². The summed E-state index contributed by atoms with van der Waals surface area (Å²) in [6.45, 7) is 0.266. The van der Waals surface area contributed by atoms with Crippen LogP contribution in [0.3, 0.4) is 0 Å². The van der Waals surface area contributed by atoms with Crippen molar-refractivity contribution in [1.29, 1.82) is 0 Å². The second-order valence-electron chi connectivity index (χ2n) is 9.49. The van der Waals surface area contributed by atoms with Crippen LogP contribution in [-0.4, -0.2) is 35.2 Å². The largest absolute Gasteiger partial charge is 0.497 e. The molecule has 0 bridgehead atoms. The van der Waals surface area contributed by atoms with E-state index in [2.05, 4.69) is 18.2 Å². The SMILES string of the molecule is COc1cccc(CCc2cc(OC)cc(Oc3cc(CCc4ccc5c(c4)OCO5)cc(OC)c3OC)c2)c1. The molecule has 208 valence electrons. The van der Waals surface area contributed by atoms with Gasteiger partial charge >= 0.3 is 0 Å². The summed E-state index contributed by atoms with van der Waals surface area (Å²) in [6.07, 6.45) is 3.27. The maximum absolute atomic E-state index is 6.43. The van der Waals surface area contributed by atoms with Crippen LogP contribution in [0.4, 0.5) is 0 Å². The topological polar surface area (TPSA) is 64.6 Å². The molecule has 0 aromatic heterocycles. The molecule has 0 spiro atoms. The van der Waals surface area contributed by atoms with Gasteiger partial charge in [-0.3, -0.25) is 0 Å². The number of benzene rings is 4. The van der Waals surface area contributed by atoms with Crippen LogP contribution in [0.5, 0.6) is 46.0 Å². The van der Waals surface area contributed by atoms with E-state index in [1.54, 1.807) is 28.4 Å². The molecule has 1 heterocycles. The standard InChI is InChI=1S/C33H34O7/c1-34-26-7-5-6-22(14-26)8-10-24-15-27(35-2)20-28(16-24)40-32-19-25(18-31(36-3)33(32)37-4)11-9-23-12-13-29-30(17-23)39-21-38-29/h5-7,12-20H,8-11,21H2,1-4H3. The van der Waals surface area contributed by atoms with E-state index in [1.807, 2.05) is 54.6 Å². The molecular weight excluding hydrogens is 508 g/mol. The minimum atomic E-state index is 0.266. The third-order valence-electron chi connectivity index (χ3n) is 6.88. The van der Waals surface area contributed by atoms with Crippen LogP contribution >= 0.6 is 0 Å². The van der Waals surface area contributed by atoms with Crippen molar-refractivity contribution in [2.45, 2.75) is 25.7 Å². The Morgan fingerprint density at radius 1 is 0.525 bits per heavy atom. The Kier molecular flexibility index (Phi) is 8.50. The third kappa shape index (κ3) is 6.37. The lowest BCUT2D eigenvalue weighted by Crippen LogP contribution is -1.99. The smallest absolute Gasteiger partial charge is 0.231 e. The fourth-order valence-electron chi connectivity index (χ4n) is 4.78. The molecule has 7 heteroatoms. The van der Waals surface area contributed by atoms with E-state index in [-0.39, 0.29) is 6.79 Å². The quantitative estimate of drug-likeness (QED) is 0.195. The molecule has 0 N–H and O–H groups in total. The van der Waals surface area contributed by atoms with E-state index in [0.717, 1.165) is 65.4 Å². The number of fused-ring (bicyclic) bond motifs is 1. The van der Waals surface area contributed by atoms with Gasteiger partial charge < -0.3 is 33.2 Å². The fourth-order valence-corrected chi connectivity index (χ4v) is 4.78. The lowest BCUT2D eigenvalue weighted by atomic mass is 10.0. The van der Waals surface area contributed by atoms with Crippen LogP contribution in [0.25, 0.3) is 0 Å². The van der Waals surface area contributed by atoms with Gasteiger partial charge in [0, 0.05) is 6.07 Å². The number of ether oxygens (including phenoxy) is 7. The van der Waals surface area contributed by atoms with Crippen LogP contribution in [0.15, 0.2) is 72.8 Å². The first-order valence-electron chi connectivity index (χ1n) is 13.2. The predicted octanol–water partition coefficient (Wildman–Crippen LogP) is 6.81. The summed E-state index contributed by atoms with van der Waals surface area (Å²) < 4.78 is 39.7. The summed E-state index contributed by atoms with van der Waals surface area (Å²) in [5, 5.41) is 0. The highest BCUT2D eigenvalue weighted by atomic mass is 16.7. The summed E-state index contributed by atoms with van der Waals surface area (Å²) >= 11 is 0. The van der Waals surface area contributed by atoms with Crippen LogP contribution in [0.1, 0.15) is 22.3 Å². The maximum atomic E-state index is 6.43. The number of rotatable bonds is 12. The highest BCUT2D eigenvalue weighted by Gasteiger charge is 2.17. The van der Waals surface area contributed by atoms with Gasteiger partial charge in [0.1, 0.15) is 17.2 Å². The van der Waals surface area contributed by atoms with Gasteiger partial charge in [-0.15, -0.1) is 0 Å². The molecule has 0 fully saturated rings. The molecule has 0 amide bonds. The molecule has 5 rings (SSSR count). The summed E-state index contributed by atoms with van der Waals surface area (Å²) in [5.74, 6) is 5.54. The van der Waals surface area contributed by atoms with E-state index in [9.17, 15) is 0 Å². The number of hydrogen-bond acceptors (Lipinski definition) is 7. The lowest BCUT2D eigenvalue weighted by Gasteiger charge is -2.17. The van der Waals surface area contributed by atoms with Crippen LogP contribution in [0.2, 0.25) is 0 Å². The summed E-state index contributed by atoms with van der Waals surface area (Å²) in [7, 11) is 6.58. The van der Waals surface area contributed by atoms with Gasteiger partial charge in [0.05, 0.1) is 28.4 Å². The van der Waals surface area contributed by atoms with Gasteiger partial charge in [-0.05, 0) is 96.5 Å². The molecule has 4 aromatic carbocycles. The first kappa shape index (κ1) is 27.1. The second-order valence-corrected chi connectivity index (χ2v) is 9.49. The van der Waals surface area contributed by atoms with E-state index >= 15 is 0 Å². The average molecular weight is 543 g/mol. The van der Waals surface area contributed by atoms with Gasteiger partial charge in [0.2, 0.25) is 12.5 Å². The highest BCUT2D eigenvalue weighted by molar-refractivity contribution is 5.56.